The summed E-state index contributed by atoms with van der Waals surface area (Å²) in [7, 11) is 0. The average Bonchev–Trinajstić information content (AvgIpc) is 3.28. The number of carbonyl (C=O) groups excluding carboxylic acids is 1. The highest BCUT2D eigenvalue weighted by molar-refractivity contribution is 5.87. The van der Waals surface area contributed by atoms with Crippen LogP contribution in [-0.4, -0.2) is 23.9 Å². The maximum absolute atomic E-state index is 13.1. The van der Waals surface area contributed by atoms with E-state index in [1.807, 2.05) is 60.7 Å². The van der Waals surface area contributed by atoms with Crippen LogP contribution in [0, 0.1) is 0 Å². The van der Waals surface area contributed by atoms with Crippen LogP contribution in [0.2, 0.25) is 0 Å². The number of benzene rings is 3. The zero-order chi connectivity index (χ0) is 19.9. The second kappa shape index (κ2) is 9.53. The maximum atomic E-state index is 13.1. The summed E-state index contributed by atoms with van der Waals surface area (Å²) in [6, 6.07) is 28.6. The molecule has 29 heavy (non-hydrogen) atoms. The number of hydrogen-bond acceptors (Lipinski definition) is 2. The van der Waals surface area contributed by atoms with Gasteiger partial charge in [-0.15, -0.1) is 0 Å². The van der Waals surface area contributed by atoms with E-state index in [-0.39, 0.29) is 11.8 Å². The first-order valence-corrected chi connectivity index (χ1v) is 10.5. The minimum absolute atomic E-state index is 0.0311. The van der Waals surface area contributed by atoms with Gasteiger partial charge in [-0.25, -0.2) is 0 Å². The Morgan fingerprint density at radius 3 is 1.83 bits per heavy atom. The van der Waals surface area contributed by atoms with Gasteiger partial charge in [-0.1, -0.05) is 84.9 Å². The van der Waals surface area contributed by atoms with E-state index in [9.17, 15) is 4.79 Å². The molecular weight excluding hydrogens is 356 g/mol. The second-order valence-electron chi connectivity index (χ2n) is 7.77. The average molecular weight is 385 g/mol. The summed E-state index contributed by atoms with van der Waals surface area (Å²) >= 11 is 0. The van der Waals surface area contributed by atoms with Gasteiger partial charge < -0.3 is 5.32 Å². The SMILES string of the molecule is O=C(NCc1ccc(CN2CCCC2)cc1)C(c1ccccc1)c1ccccc1. The van der Waals surface area contributed by atoms with Crippen molar-refractivity contribution in [1.82, 2.24) is 10.2 Å². The van der Waals surface area contributed by atoms with E-state index in [1.165, 1.54) is 31.5 Å². The molecule has 1 aliphatic rings. The van der Waals surface area contributed by atoms with Crippen molar-refractivity contribution in [3.8, 4) is 0 Å². The van der Waals surface area contributed by atoms with Gasteiger partial charge in [0, 0.05) is 13.1 Å². The Balaban J connectivity index is 1.41. The first-order valence-electron chi connectivity index (χ1n) is 10.5. The number of carbonyl (C=O) groups is 1. The molecule has 0 bridgehead atoms. The number of nitrogens with one attached hydrogen (secondary N) is 1. The normalized spacial score (nSPS) is 14.2. The summed E-state index contributed by atoms with van der Waals surface area (Å²) in [5, 5.41) is 3.14. The van der Waals surface area contributed by atoms with Crippen LogP contribution in [-0.2, 0) is 17.9 Å². The van der Waals surface area contributed by atoms with Crippen molar-refractivity contribution >= 4 is 5.91 Å². The van der Waals surface area contributed by atoms with Crippen molar-refractivity contribution < 1.29 is 4.79 Å². The van der Waals surface area contributed by atoms with E-state index in [0.29, 0.717) is 6.54 Å². The molecule has 3 nitrogen and oxygen atoms in total. The molecule has 0 aliphatic carbocycles. The van der Waals surface area contributed by atoms with Gasteiger partial charge in [-0.3, -0.25) is 9.69 Å². The van der Waals surface area contributed by atoms with Crippen LogP contribution in [0.25, 0.3) is 0 Å². The van der Waals surface area contributed by atoms with E-state index in [4.69, 9.17) is 0 Å². The summed E-state index contributed by atoms with van der Waals surface area (Å²) in [6.45, 7) is 3.98. The number of rotatable bonds is 7. The van der Waals surface area contributed by atoms with Crippen LogP contribution in [0.3, 0.4) is 0 Å². The van der Waals surface area contributed by atoms with Gasteiger partial charge in [0.25, 0.3) is 0 Å². The first-order chi connectivity index (χ1) is 14.3. The largest absolute Gasteiger partial charge is 0.351 e. The quantitative estimate of drug-likeness (QED) is 0.639. The third-order valence-electron chi connectivity index (χ3n) is 5.62. The fourth-order valence-corrected chi connectivity index (χ4v) is 4.04. The number of amides is 1. The van der Waals surface area contributed by atoms with Crippen LogP contribution in [0.5, 0.6) is 0 Å². The van der Waals surface area contributed by atoms with Crippen LogP contribution in [0.4, 0.5) is 0 Å². The van der Waals surface area contributed by atoms with Gasteiger partial charge in [0.15, 0.2) is 0 Å². The van der Waals surface area contributed by atoms with Gasteiger partial charge in [0.2, 0.25) is 5.91 Å². The van der Waals surface area contributed by atoms with E-state index >= 15 is 0 Å². The molecule has 0 radical (unpaired) electrons. The lowest BCUT2D eigenvalue weighted by Gasteiger charge is -2.18. The van der Waals surface area contributed by atoms with E-state index in [1.54, 1.807) is 0 Å². The van der Waals surface area contributed by atoms with Gasteiger partial charge in [0.1, 0.15) is 0 Å². The van der Waals surface area contributed by atoms with Gasteiger partial charge in [0.05, 0.1) is 5.92 Å². The molecule has 0 unspecified atom stereocenters. The molecule has 3 aromatic rings. The molecule has 0 aromatic heterocycles. The highest BCUT2D eigenvalue weighted by Gasteiger charge is 2.22. The molecule has 1 aliphatic heterocycles. The lowest BCUT2D eigenvalue weighted by atomic mass is 9.90. The maximum Gasteiger partial charge on any atom is 0.232 e. The van der Waals surface area contributed by atoms with E-state index < -0.39 is 0 Å². The van der Waals surface area contributed by atoms with Crippen LogP contribution < -0.4 is 5.32 Å². The predicted octanol–water partition coefficient (Wildman–Crippen LogP) is 4.73. The molecule has 0 saturated carbocycles. The van der Waals surface area contributed by atoms with Crippen molar-refractivity contribution in [2.45, 2.75) is 31.8 Å². The van der Waals surface area contributed by atoms with Crippen LogP contribution in [0.15, 0.2) is 84.9 Å². The van der Waals surface area contributed by atoms with Crippen LogP contribution >= 0.6 is 0 Å². The minimum atomic E-state index is -0.299. The highest BCUT2D eigenvalue weighted by Crippen LogP contribution is 2.25. The third-order valence-corrected chi connectivity index (χ3v) is 5.62. The fraction of sp³-hybridized carbons (Fsp3) is 0.269. The summed E-state index contributed by atoms with van der Waals surface area (Å²) in [5.74, 6) is -0.268. The molecule has 0 atom stereocenters. The van der Waals surface area contributed by atoms with Crippen molar-refractivity contribution in [1.29, 1.82) is 0 Å². The molecule has 1 saturated heterocycles. The van der Waals surface area contributed by atoms with Gasteiger partial charge in [-0.05, 0) is 48.2 Å². The molecule has 1 amide bonds. The lowest BCUT2D eigenvalue weighted by Crippen LogP contribution is -2.29. The van der Waals surface area contributed by atoms with Gasteiger partial charge in [-0.2, -0.15) is 0 Å². The molecule has 1 fully saturated rings. The lowest BCUT2D eigenvalue weighted by molar-refractivity contribution is -0.121. The van der Waals surface area contributed by atoms with Gasteiger partial charge >= 0.3 is 0 Å². The summed E-state index contributed by atoms with van der Waals surface area (Å²) in [6.07, 6.45) is 2.63. The molecule has 3 heteroatoms. The summed E-state index contributed by atoms with van der Waals surface area (Å²) in [5.41, 5.74) is 4.49. The standard InChI is InChI=1S/C26H28N2O/c29-26(25(23-9-3-1-4-10-23)24-11-5-2-6-12-24)27-19-21-13-15-22(16-14-21)20-28-17-7-8-18-28/h1-6,9-16,25H,7-8,17-20H2,(H,27,29). The highest BCUT2D eigenvalue weighted by atomic mass is 16.1. The predicted molar refractivity (Wildman–Crippen MR) is 118 cm³/mol. The number of likely N-dealkylation sites (tertiary alicyclic amines) is 1. The molecule has 0 spiro atoms. The minimum Gasteiger partial charge on any atom is -0.351 e. The Morgan fingerprint density at radius 1 is 0.759 bits per heavy atom. The van der Waals surface area contributed by atoms with Crippen LogP contribution in [0.1, 0.15) is 41.0 Å². The third kappa shape index (κ3) is 5.12. The van der Waals surface area contributed by atoms with E-state index in [0.717, 1.165) is 23.2 Å². The van der Waals surface area contributed by atoms with E-state index in [2.05, 4.69) is 34.5 Å². The number of nitrogens with zero attached hydrogens (tertiary/aromatic N) is 1. The Hall–Kier alpha value is -2.91. The smallest absolute Gasteiger partial charge is 0.232 e. The monoisotopic (exact) mass is 384 g/mol. The molecule has 1 heterocycles. The molecule has 148 valence electrons. The topological polar surface area (TPSA) is 32.3 Å². The second-order valence-corrected chi connectivity index (χ2v) is 7.77. The fourth-order valence-electron chi connectivity index (χ4n) is 4.04. The Morgan fingerprint density at radius 2 is 1.28 bits per heavy atom. The van der Waals surface area contributed by atoms with Crippen molar-refractivity contribution in [3.05, 3.63) is 107 Å². The summed E-state index contributed by atoms with van der Waals surface area (Å²) in [4.78, 5) is 15.6. The van der Waals surface area contributed by atoms with Crippen molar-refractivity contribution in [2.75, 3.05) is 13.1 Å². The van der Waals surface area contributed by atoms with Crippen molar-refractivity contribution in [3.63, 3.8) is 0 Å². The molecular formula is C26H28N2O. The molecule has 1 N–H and O–H groups in total. The zero-order valence-corrected chi connectivity index (χ0v) is 16.8. The summed E-state index contributed by atoms with van der Waals surface area (Å²) < 4.78 is 0. The Bertz CT molecular complexity index is 861. The first kappa shape index (κ1) is 19.4. The Kier molecular flexibility index (Phi) is 6.38. The number of hydrogen-bond donors (Lipinski definition) is 1. The Labute approximate surface area is 173 Å². The molecule has 4 rings (SSSR count). The molecule has 3 aromatic carbocycles. The zero-order valence-electron chi connectivity index (χ0n) is 16.8. The van der Waals surface area contributed by atoms with Crippen molar-refractivity contribution in [2.24, 2.45) is 0 Å².